The van der Waals surface area contributed by atoms with Gasteiger partial charge in [0.1, 0.15) is 40.5 Å². The number of hydrogen-bond acceptors (Lipinski definition) is 7. The maximum Gasteiger partial charge on any atom is 0.407 e. The normalized spacial score (nSPS) is 19.4. The number of benzene rings is 1. The number of carbonyl (C=O) groups is 2. The number of ether oxygens (including phenoxy) is 1. The van der Waals surface area contributed by atoms with Crippen molar-refractivity contribution in [2.24, 2.45) is 5.92 Å². The second-order valence-electron chi connectivity index (χ2n) is 11.9. The van der Waals surface area contributed by atoms with Gasteiger partial charge < -0.3 is 25.6 Å². The Labute approximate surface area is 247 Å². The fraction of sp³-hybridized carbons (Fsp3) is 0.419. The Morgan fingerprint density at radius 1 is 1.07 bits per heavy atom. The number of nitrogens with zero attached hydrogens (tertiary/aromatic N) is 2. The first-order valence-electron chi connectivity index (χ1n) is 13.9. The van der Waals surface area contributed by atoms with Gasteiger partial charge in [0.05, 0.1) is 24.1 Å². The number of carbonyl (C=O) groups excluding carboxylic acids is 2. The average Bonchev–Trinajstić information content (AvgIpc) is 2.92. The molecule has 0 saturated heterocycles. The van der Waals surface area contributed by atoms with Crippen LogP contribution in [0.4, 0.5) is 23.7 Å². The summed E-state index contributed by atoms with van der Waals surface area (Å²) < 4.78 is 49.8. The molecule has 1 aromatic carbocycles. The highest BCUT2D eigenvalue weighted by Gasteiger charge is 2.31. The Bertz CT molecular complexity index is 1470. The van der Waals surface area contributed by atoms with Crippen molar-refractivity contribution in [3.8, 4) is 11.3 Å². The Morgan fingerprint density at radius 3 is 2.42 bits per heavy atom. The minimum Gasteiger partial charge on any atom is -0.444 e. The number of aliphatic hydroxyl groups excluding tert-OH is 2. The molecule has 2 heterocycles. The molecule has 3 aromatic rings. The van der Waals surface area contributed by atoms with Crippen LogP contribution in [0, 0.1) is 23.4 Å². The highest BCUT2D eigenvalue weighted by Crippen LogP contribution is 2.39. The molecule has 12 heteroatoms. The van der Waals surface area contributed by atoms with Crippen molar-refractivity contribution in [1.82, 2.24) is 15.3 Å². The summed E-state index contributed by atoms with van der Waals surface area (Å²) in [6.45, 7) is 6.68. The number of hydrogen-bond donors (Lipinski definition) is 4. The lowest BCUT2D eigenvalue weighted by atomic mass is 9.76. The monoisotopic (exact) mass is 600 g/mol. The molecule has 0 radical (unpaired) electrons. The molecule has 43 heavy (non-hydrogen) atoms. The van der Waals surface area contributed by atoms with Crippen molar-refractivity contribution in [2.45, 2.75) is 70.6 Å². The van der Waals surface area contributed by atoms with Gasteiger partial charge in [0, 0.05) is 12.2 Å². The van der Waals surface area contributed by atoms with Crippen LogP contribution in [-0.4, -0.2) is 50.4 Å². The number of aliphatic hydroxyl groups is 2. The number of anilines is 1. The van der Waals surface area contributed by atoms with Crippen molar-refractivity contribution < 1.29 is 37.7 Å². The second kappa shape index (κ2) is 13.1. The zero-order chi connectivity index (χ0) is 31.5. The number of halogens is 3. The molecule has 230 valence electrons. The highest BCUT2D eigenvalue weighted by molar-refractivity contribution is 6.03. The lowest BCUT2D eigenvalue weighted by Crippen LogP contribution is -2.42. The molecule has 2 amide bonds. The zero-order valence-corrected chi connectivity index (χ0v) is 24.3. The van der Waals surface area contributed by atoms with Crippen LogP contribution >= 0.6 is 0 Å². The number of nitrogens with one attached hydrogen (secondary N) is 2. The van der Waals surface area contributed by atoms with Gasteiger partial charge in [-0.25, -0.2) is 22.9 Å². The molecule has 1 saturated carbocycles. The summed E-state index contributed by atoms with van der Waals surface area (Å²) in [6, 6.07) is 5.13. The minimum absolute atomic E-state index is 0.0466. The molecule has 1 aliphatic carbocycles. The molecule has 2 aromatic heterocycles. The van der Waals surface area contributed by atoms with E-state index < -0.39 is 59.0 Å². The van der Waals surface area contributed by atoms with Crippen molar-refractivity contribution in [3.05, 3.63) is 77.0 Å². The van der Waals surface area contributed by atoms with E-state index in [1.807, 2.05) is 0 Å². The van der Waals surface area contributed by atoms with E-state index in [4.69, 9.17) is 9.84 Å². The standard InChI is InChI=1S/C31H35F3N4O5/c1-16-9-17(11-19(10-16)36-30(42)43-31(2,3)4)20-7-8-35-14-25(20)38-29(41)24-6-5-21(32)28(37-24)27-22(33)12-18(13-23(27)34)26(40)15-39/h5-8,12-14,16-17,19,26,39-40H,9-11,15H2,1-4H3,(H,36,42)(H,38,41)/t16-,17?,19?,26-/m0/s1. The highest BCUT2D eigenvalue weighted by atomic mass is 19.1. The predicted octanol–water partition coefficient (Wildman–Crippen LogP) is 5.64. The minimum atomic E-state index is -1.53. The van der Waals surface area contributed by atoms with Gasteiger partial charge in [0.2, 0.25) is 0 Å². The van der Waals surface area contributed by atoms with E-state index >= 15 is 0 Å². The molecule has 4 N–H and O–H groups in total. The molecule has 1 aliphatic rings. The van der Waals surface area contributed by atoms with E-state index in [2.05, 4.69) is 27.5 Å². The van der Waals surface area contributed by atoms with Gasteiger partial charge in [0.25, 0.3) is 5.91 Å². The van der Waals surface area contributed by atoms with E-state index in [0.717, 1.165) is 42.7 Å². The van der Waals surface area contributed by atoms with Crippen LogP contribution in [0.25, 0.3) is 11.3 Å². The number of aromatic nitrogens is 2. The van der Waals surface area contributed by atoms with Crippen molar-refractivity contribution >= 4 is 17.7 Å². The molecule has 4 atom stereocenters. The summed E-state index contributed by atoms with van der Waals surface area (Å²) in [7, 11) is 0. The Kier molecular flexibility index (Phi) is 9.71. The van der Waals surface area contributed by atoms with Crippen LogP contribution < -0.4 is 10.6 Å². The van der Waals surface area contributed by atoms with E-state index in [1.165, 1.54) is 6.20 Å². The van der Waals surface area contributed by atoms with E-state index in [-0.39, 0.29) is 29.1 Å². The van der Waals surface area contributed by atoms with Gasteiger partial charge in [-0.3, -0.25) is 9.78 Å². The van der Waals surface area contributed by atoms with Crippen LogP contribution in [0.1, 0.15) is 80.6 Å². The third-order valence-electron chi connectivity index (χ3n) is 7.14. The lowest BCUT2D eigenvalue weighted by Gasteiger charge is -2.35. The summed E-state index contributed by atoms with van der Waals surface area (Å²) in [5.74, 6) is -4.05. The van der Waals surface area contributed by atoms with Crippen LogP contribution in [0.15, 0.2) is 42.7 Å². The van der Waals surface area contributed by atoms with Gasteiger partial charge >= 0.3 is 6.09 Å². The molecule has 1 fully saturated rings. The lowest BCUT2D eigenvalue weighted by molar-refractivity contribution is 0.0482. The molecule has 0 spiro atoms. The van der Waals surface area contributed by atoms with Gasteiger partial charge in [-0.2, -0.15) is 0 Å². The van der Waals surface area contributed by atoms with Gasteiger partial charge in [-0.05, 0) is 93.3 Å². The van der Waals surface area contributed by atoms with Crippen LogP contribution in [0.3, 0.4) is 0 Å². The first kappa shape index (κ1) is 31.9. The fourth-order valence-corrected chi connectivity index (χ4v) is 5.36. The Hall–Kier alpha value is -4.03. The molecule has 0 aliphatic heterocycles. The number of amides is 2. The fourth-order valence-electron chi connectivity index (χ4n) is 5.36. The predicted molar refractivity (Wildman–Crippen MR) is 153 cm³/mol. The first-order chi connectivity index (χ1) is 20.3. The second-order valence-corrected chi connectivity index (χ2v) is 11.9. The summed E-state index contributed by atoms with van der Waals surface area (Å²) >= 11 is 0. The number of rotatable bonds is 7. The summed E-state index contributed by atoms with van der Waals surface area (Å²) in [5, 5.41) is 24.5. The maximum atomic E-state index is 14.9. The average molecular weight is 601 g/mol. The molecule has 4 rings (SSSR count). The smallest absolute Gasteiger partial charge is 0.407 e. The van der Waals surface area contributed by atoms with Gasteiger partial charge in [-0.1, -0.05) is 6.92 Å². The zero-order valence-electron chi connectivity index (χ0n) is 24.3. The quantitative estimate of drug-likeness (QED) is 0.276. The van der Waals surface area contributed by atoms with Gasteiger partial charge in [-0.15, -0.1) is 0 Å². The first-order valence-corrected chi connectivity index (χ1v) is 13.9. The summed E-state index contributed by atoms with van der Waals surface area (Å²) in [6.07, 6.45) is 3.18. The third kappa shape index (κ3) is 7.88. The summed E-state index contributed by atoms with van der Waals surface area (Å²) in [5.41, 5.74) is -1.55. The van der Waals surface area contributed by atoms with Crippen LogP contribution in [0.2, 0.25) is 0 Å². The molecule has 9 nitrogen and oxygen atoms in total. The third-order valence-corrected chi connectivity index (χ3v) is 7.14. The van der Waals surface area contributed by atoms with E-state index in [1.54, 1.807) is 33.0 Å². The number of pyridine rings is 2. The largest absolute Gasteiger partial charge is 0.444 e. The molecular formula is C31H35F3N4O5. The van der Waals surface area contributed by atoms with Gasteiger partial charge in [0.15, 0.2) is 0 Å². The Morgan fingerprint density at radius 2 is 1.77 bits per heavy atom. The van der Waals surface area contributed by atoms with Crippen LogP contribution in [-0.2, 0) is 4.74 Å². The van der Waals surface area contributed by atoms with Crippen molar-refractivity contribution in [1.29, 1.82) is 0 Å². The molecule has 2 unspecified atom stereocenters. The topological polar surface area (TPSA) is 134 Å². The molecular weight excluding hydrogens is 565 g/mol. The Balaban J connectivity index is 1.57. The van der Waals surface area contributed by atoms with Crippen molar-refractivity contribution in [3.63, 3.8) is 0 Å². The maximum absolute atomic E-state index is 14.9. The number of alkyl carbamates (subject to hydrolysis) is 1. The SMILES string of the molecule is C[C@@H]1CC(NC(=O)OC(C)(C)C)CC(c2ccncc2NC(=O)c2ccc(F)c(-c3c(F)cc([C@@H](O)CO)cc3F)n2)C1. The summed E-state index contributed by atoms with van der Waals surface area (Å²) in [4.78, 5) is 33.7. The van der Waals surface area contributed by atoms with Crippen LogP contribution in [0.5, 0.6) is 0 Å². The van der Waals surface area contributed by atoms with Crippen molar-refractivity contribution in [2.75, 3.05) is 11.9 Å². The molecule has 0 bridgehead atoms. The van der Waals surface area contributed by atoms with E-state index in [0.29, 0.717) is 12.1 Å². The van der Waals surface area contributed by atoms with E-state index in [9.17, 15) is 27.9 Å².